The predicted molar refractivity (Wildman–Crippen MR) is 326 cm³/mol. The van der Waals surface area contributed by atoms with Crippen LogP contribution in [0, 0.1) is 0 Å². The van der Waals surface area contributed by atoms with Crippen molar-refractivity contribution in [2.45, 2.75) is 117 Å². The largest absolute Gasteiger partial charge is 0.457 e. The summed E-state index contributed by atoms with van der Waals surface area (Å²) >= 11 is 0. The third-order valence-electron chi connectivity index (χ3n) is 16.4. The highest BCUT2D eigenvalue weighted by atomic mass is 16.5. The molecular formula is C72H74N4O. The van der Waals surface area contributed by atoms with Crippen molar-refractivity contribution in [3.05, 3.63) is 239 Å². The first-order valence-electron chi connectivity index (χ1n) is 27.4. The summed E-state index contributed by atoms with van der Waals surface area (Å²) in [5.41, 5.74) is 17.1. The van der Waals surface area contributed by atoms with Crippen LogP contribution < -0.4 is 14.5 Å². The fourth-order valence-corrected chi connectivity index (χ4v) is 11.2. The molecule has 3 heterocycles. The van der Waals surface area contributed by atoms with Crippen LogP contribution in [-0.2, 0) is 27.1 Å². The third-order valence-corrected chi connectivity index (χ3v) is 16.4. The molecule has 77 heavy (non-hydrogen) atoms. The molecule has 5 heteroatoms. The molecule has 0 unspecified atom stereocenters. The summed E-state index contributed by atoms with van der Waals surface area (Å²) in [5, 5.41) is 2.36. The lowest BCUT2D eigenvalue weighted by molar-refractivity contribution is 0.480. The number of hydrogen-bond acceptors (Lipinski definition) is 4. The lowest BCUT2D eigenvalue weighted by Crippen LogP contribution is -2.26. The molecule has 0 N–H and O–H groups in total. The van der Waals surface area contributed by atoms with Crippen LogP contribution in [-0.4, -0.2) is 16.2 Å². The van der Waals surface area contributed by atoms with Gasteiger partial charge in [-0.2, -0.15) is 0 Å². The van der Waals surface area contributed by atoms with Crippen molar-refractivity contribution in [2.75, 3.05) is 16.5 Å². The number of rotatable bonds is 10. The Morgan fingerprint density at radius 3 is 1.53 bits per heavy atom. The van der Waals surface area contributed by atoms with E-state index >= 15 is 0 Å². The number of hydrogen-bond donors (Lipinski definition) is 0. The Morgan fingerprint density at radius 1 is 0.364 bits per heavy atom. The van der Waals surface area contributed by atoms with Crippen LogP contribution in [0.3, 0.4) is 0 Å². The zero-order valence-electron chi connectivity index (χ0n) is 47.5. The molecule has 0 atom stereocenters. The van der Waals surface area contributed by atoms with E-state index in [2.05, 4.69) is 298 Å². The molecule has 11 rings (SSSR count). The number of ether oxygens (including phenoxy) is 1. The quantitative estimate of drug-likeness (QED) is 0.137. The Labute approximate surface area is 457 Å². The number of benzene rings is 8. The molecule has 10 aromatic rings. The van der Waals surface area contributed by atoms with E-state index < -0.39 is 0 Å². The summed E-state index contributed by atoms with van der Waals surface area (Å²) in [4.78, 5) is 10.0. The molecule has 2 aromatic heterocycles. The summed E-state index contributed by atoms with van der Waals surface area (Å²) in [6.07, 6.45) is 1.95. The molecule has 388 valence electrons. The van der Waals surface area contributed by atoms with Crippen LogP contribution in [0.5, 0.6) is 11.5 Å². The third kappa shape index (κ3) is 9.71. The van der Waals surface area contributed by atoms with Crippen LogP contribution in [0.15, 0.2) is 200 Å². The van der Waals surface area contributed by atoms with E-state index in [1.807, 2.05) is 6.20 Å². The van der Waals surface area contributed by atoms with Crippen LogP contribution in [0.1, 0.15) is 129 Å². The van der Waals surface area contributed by atoms with Crippen molar-refractivity contribution in [3.8, 4) is 28.4 Å². The summed E-state index contributed by atoms with van der Waals surface area (Å²) in [5.74, 6) is 2.43. The second kappa shape index (κ2) is 19.0. The number of anilines is 4. The normalized spacial score (nSPS) is 13.4. The van der Waals surface area contributed by atoms with E-state index in [4.69, 9.17) is 9.72 Å². The maximum Gasteiger partial charge on any atom is 0.137 e. The number of nitrogens with zero attached hydrogens (tertiary/aromatic N) is 4. The Morgan fingerprint density at radius 2 is 0.909 bits per heavy atom. The van der Waals surface area contributed by atoms with Crippen molar-refractivity contribution in [1.29, 1.82) is 0 Å². The molecule has 0 amide bonds. The zero-order chi connectivity index (χ0) is 54.2. The van der Waals surface area contributed by atoms with Gasteiger partial charge in [-0.3, -0.25) is 4.57 Å². The predicted octanol–water partition coefficient (Wildman–Crippen LogP) is 19.4. The Balaban J connectivity index is 1.08. The molecule has 0 bridgehead atoms. The van der Waals surface area contributed by atoms with Crippen LogP contribution in [0.4, 0.5) is 22.7 Å². The van der Waals surface area contributed by atoms with E-state index in [9.17, 15) is 0 Å². The fraction of sp³-hybridized carbons (Fsp3) is 0.264. The lowest BCUT2D eigenvalue weighted by atomic mass is 9.77. The molecule has 0 saturated carbocycles. The molecule has 5 nitrogen and oxygen atoms in total. The van der Waals surface area contributed by atoms with Gasteiger partial charge < -0.3 is 14.5 Å². The summed E-state index contributed by atoms with van der Waals surface area (Å²) in [6.45, 7) is 30.5. The van der Waals surface area contributed by atoms with Gasteiger partial charge in [0.25, 0.3) is 0 Å². The van der Waals surface area contributed by atoms with Gasteiger partial charge in [-0.15, -0.1) is 0 Å². The zero-order valence-corrected chi connectivity index (χ0v) is 47.5. The Hall–Kier alpha value is -7.89. The van der Waals surface area contributed by atoms with E-state index in [0.717, 1.165) is 56.4 Å². The number of fused-ring (bicyclic) bond motifs is 4. The van der Waals surface area contributed by atoms with E-state index in [-0.39, 0.29) is 27.1 Å². The van der Waals surface area contributed by atoms with Crippen LogP contribution >= 0.6 is 0 Å². The average Bonchev–Trinajstić information content (AvgIpc) is 4.14. The highest BCUT2D eigenvalue weighted by molar-refractivity contribution is 6.10. The van der Waals surface area contributed by atoms with Crippen LogP contribution in [0.2, 0.25) is 0 Å². The molecular weight excluding hydrogens is 937 g/mol. The highest BCUT2D eigenvalue weighted by Gasteiger charge is 2.34. The maximum atomic E-state index is 7.25. The van der Waals surface area contributed by atoms with Crippen molar-refractivity contribution in [2.24, 2.45) is 0 Å². The van der Waals surface area contributed by atoms with Gasteiger partial charge in [-0.25, -0.2) is 4.98 Å². The number of pyridine rings is 1. The van der Waals surface area contributed by atoms with Gasteiger partial charge in [-0.1, -0.05) is 199 Å². The Bertz CT molecular complexity index is 3810. The van der Waals surface area contributed by atoms with E-state index in [1.54, 1.807) is 0 Å². The van der Waals surface area contributed by atoms with Gasteiger partial charge in [0, 0.05) is 51.3 Å². The minimum absolute atomic E-state index is 0.0114. The van der Waals surface area contributed by atoms with E-state index in [0.29, 0.717) is 6.67 Å². The Kier molecular flexibility index (Phi) is 12.6. The van der Waals surface area contributed by atoms with Crippen LogP contribution in [0.25, 0.3) is 38.8 Å². The van der Waals surface area contributed by atoms with Gasteiger partial charge in [0.15, 0.2) is 0 Å². The fourth-order valence-electron chi connectivity index (χ4n) is 11.2. The SMILES string of the molecule is CC(C)(C)c1ccnc(-n2c3ccc(C(C)(C)C)cc3c3ccc(Oc4cc(N5CN(c6cc(-c7ccccc7)cc(C(C)(C)c7ccccc7)c6)c6cc(C(C)(C)C)ccc65)cc(C(C)(C)c5ccccc5)c4)cc32)c1. The molecule has 8 aromatic carbocycles. The maximum absolute atomic E-state index is 7.25. The van der Waals surface area contributed by atoms with Crippen molar-refractivity contribution in [3.63, 3.8) is 0 Å². The first-order valence-corrected chi connectivity index (χ1v) is 27.4. The standard InChI is InChI=1S/C72H74N4O/c1-68(2,3)52-29-33-63-62(42-52)61-32-31-59(46-65(61)76(63)67-44-54(35-36-73-67)70(7,8)9)77-60-41-56(72(12,13)51-27-21-16-22-28-51)40-58(45-60)74-47-75(66-43-53(69(4,5)6)30-34-64(66)74)57-38-49(48-23-17-14-18-24-48)37-55(39-57)71(10,11)50-25-19-15-20-26-50/h14-46H,47H2,1-13H3. The summed E-state index contributed by atoms with van der Waals surface area (Å²) in [6, 6.07) is 71.6. The molecule has 1 aliphatic rings. The van der Waals surface area contributed by atoms with Gasteiger partial charge in [0.1, 0.15) is 24.0 Å². The summed E-state index contributed by atoms with van der Waals surface area (Å²) in [7, 11) is 0. The topological polar surface area (TPSA) is 33.5 Å². The van der Waals surface area contributed by atoms with Crippen molar-refractivity contribution in [1.82, 2.24) is 9.55 Å². The molecule has 0 saturated heterocycles. The molecule has 0 aliphatic carbocycles. The second-order valence-electron chi connectivity index (χ2n) is 25.5. The average molecular weight is 1010 g/mol. The molecule has 0 spiro atoms. The number of aromatic nitrogens is 2. The smallest absolute Gasteiger partial charge is 0.137 e. The molecule has 0 radical (unpaired) electrons. The molecule has 0 fully saturated rings. The lowest BCUT2D eigenvalue weighted by Gasteiger charge is -2.30. The molecule has 1 aliphatic heterocycles. The van der Waals surface area contributed by atoms with Crippen molar-refractivity contribution < 1.29 is 4.74 Å². The van der Waals surface area contributed by atoms with E-state index in [1.165, 1.54) is 55.6 Å². The van der Waals surface area contributed by atoms with Gasteiger partial charge in [0.05, 0.1) is 22.4 Å². The summed E-state index contributed by atoms with van der Waals surface area (Å²) < 4.78 is 9.57. The first-order chi connectivity index (χ1) is 36.5. The van der Waals surface area contributed by atoms with Gasteiger partial charge >= 0.3 is 0 Å². The minimum Gasteiger partial charge on any atom is -0.457 e. The highest BCUT2D eigenvalue weighted by Crippen LogP contribution is 2.50. The van der Waals surface area contributed by atoms with Crippen molar-refractivity contribution >= 4 is 44.6 Å². The monoisotopic (exact) mass is 1010 g/mol. The van der Waals surface area contributed by atoms with Gasteiger partial charge in [0.2, 0.25) is 0 Å². The van der Waals surface area contributed by atoms with Gasteiger partial charge in [-0.05, 0) is 139 Å². The first kappa shape index (κ1) is 51.2. The minimum atomic E-state index is -0.361. The second-order valence-corrected chi connectivity index (χ2v) is 25.5.